The monoisotopic (exact) mass is 412 g/mol. The molecule has 8 nitrogen and oxygen atoms in total. The minimum atomic E-state index is -0.260. The van der Waals surface area contributed by atoms with Gasteiger partial charge in [0.1, 0.15) is 11.6 Å². The van der Waals surface area contributed by atoms with Gasteiger partial charge in [-0.1, -0.05) is 0 Å². The van der Waals surface area contributed by atoms with E-state index < -0.39 is 0 Å². The van der Waals surface area contributed by atoms with E-state index in [0.29, 0.717) is 42.3 Å². The molecule has 0 unspecified atom stereocenters. The molecule has 8 heteroatoms. The van der Waals surface area contributed by atoms with Crippen LogP contribution in [0.5, 0.6) is 5.75 Å². The topological polar surface area (TPSA) is 93.7 Å². The van der Waals surface area contributed by atoms with Gasteiger partial charge in [0, 0.05) is 38.0 Å². The van der Waals surface area contributed by atoms with Crippen LogP contribution in [-0.2, 0) is 9.53 Å². The molecule has 1 N–H and O–H groups in total. The Kier molecular flexibility index (Phi) is 7.35. The summed E-state index contributed by atoms with van der Waals surface area (Å²) >= 11 is 0. The standard InChI is InChI=1S/C22H28N4O4/c1-15-19(22(28)25-17-6-8-18(30-3)9-7-17)13-23-21(24-15)16-5-4-11-26(14-16)20(27)10-12-29-2/h6-9,13,16H,4-5,10-12,14H2,1-3H3,(H,25,28)/t16-/m0/s1. The molecule has 30 heavy (non-hydrogen) atoms. The second-order valence-corrected chi connectivity index (χ2v) is 7.33. The molecule has 1 aromatic heterocycles. The predicted octanol–water partition coefficient (Wildman–Crippen LogP) is 2.79. The molecule has 1 saturated heterocycles. The van der Waals surface area contributed by atoms with E-state index in [2.05, 4.69) is 15.3 Å². The van der Waals surface area contributed by atoms with Crippen LogP contribution in [0.4, 0.5) is 5.69 Å². The lowest BCUT2D eigenvalue weighted by Gasteiger charge is -2.32. The summed E-state index contributed by atoms with van der Waals surface area (Å²) in [4.78, 5) is 35.8. The molecule has 2 heterocycles. The highest BCUT2D eigenvalue weighted by atomic mass is 16.5. The van der Waals surface area contributed by atoms with Crippen LogP contribution in [0.15, 0.2) is 30.5 Å². The SMILES string of the molecule is COCCC(=O)N1CCC[C@H](c2ncc(C(=O)Nc3ccc(OC)cc3)c(C)n2)C1. The first-order valence-electron chi connectivity index (χ1n) is 10.1. The molecule has 0 aliphatic carbocycles. The normalized spacial score (nSPS) is 16.2. The van der Waals surface area contributed by atoms with Gasteiger partial charge in [0.25, 0.3) is 5.91 Å². The second kappa shape index (κ2) is 10.2. The lowest BCUT2D eigenvalue weighted by molar-refractivity contribution is -0.133. The van der Waals surface area contributed by atoms with Crippen LogP contribution < -0.4 is 10.1 Å². The van der Waals surface area contributed by atoms with Gasteiger partial charge >= 0.3 is 0 Å². The quantitative estimate of drug-likeness (QED) is 0.752. The molecule has 2 aromatic rings. The van der Waals surface area contributed by atoms with Gasteiger partial charge in [-0.15, -0.1) is 0 Å². The number of aromatic nitrogens is 2. The molecule has 0 radical (unpaired) electrons. The molecule has 1 aromatic carbocycles. The van der Waals surface area contributed by atoms with Crippen molar-refractivity contribution in [1.29, 1.82) is 0 Å². The molecule has 0 saturated carbocycles. The van der Waals surface area contributed by atoms with E-state index in [0.717, 1.165) is 25.1 Å². The van der Waals surface area contributed by atoms with Gasteiger partial charge < -0.3 is 19.7 Å². The number of benzene rings is 1. The number of carbonyl (C=O) groups excluding carboxylic acids is 2. The first-order chi connectivity index (χ1) is 14.5. The zero-order valence-corrected chi connectivity index (χ0v) is 17.7. The van der Waals surface area contributed by atoms with Crippen molar-refractivity contribution in [3.63, 3.8) is 0 Å². The lowest BCUT2D eigenvalue weighted by atomic mass is 9.96. The Labute approximate surface area is 176 Å². The average Bonchev–Trinajstić information content (AvgIpc) is 2.77. The molecule has 1 aliphatic heterocycles. The number of nitrogens with one attached hydrogen (secondary N) is 1. The highest BCUT2D eigenvalue weighted by molar-refractivity contribution is 6.04. The number of carbonyl (C=O) groups is 2. The van der Waals surface area contributed by atoms with Crippen LogP contribution in [0.2, 0.25) is 0 Å². The highest BCUT2D eigenvalue weighted by Crippen LogP contribution is 2.25. The van der Waals surface area contributed by atoms with Crippen molar-refractivity contribution in [2.45, 2.75) is 32.1 Å². The number of hydrogen-bond acceptors (Lipinski definition) is 6. The van der Waals surface area contributed by atoms with E-state index in [-0.39, 0.29) is 17.7 Å². The van der Waals surface area contributed by atoms with Gasteiger partial charge in [0.05, 0.1) is 31.4 Å². The summed E-state index contributed by atoms with van der Waals surface area (Å²) in [5.74, 6) is 1.30. The summed E-state index contributed by atoms with van der Waals surface area (Å²) in [7, 11) is 3.19. The van der Waals surface area contributed by atoms with Gasteiger partial charge in [0.15, 0.2) is 0 Å². The third-order valence-electron chi connectivity index (χ3n) is 5.25. The first-order valence-corrected chi connectivity index (χ1v) is 10.1. The maximum Gasteiger partial charge on any atom is 0.259 e. The fourth-order valence-electron chi connectivity index (χ4n) is 3.54. The third kappa shape index (κ3) is 5.33. The number of anilines is 1. The molecule has 1 aliphatic rings. The number of ether oxygens (including phenoxy) is 2. The van der Waals surface area contributed by atoms with Crippen molar-refractivity contribution in [3.05, 3.63) is 47.5 Å². The molecule has 3 rings (SSSR count). The summed E-state index contributed by atoms with van der Waals surface area (Å²) in [6.07, 6.45) is 3.78. The first kappa shape index (κ1) is 21.7. The fraction of sp³-hybridized carbons (Fsp3) is 0.455. The Bertz CT molecular complexity index is 885. The number of hydrogen-bond donors (Lipinski definition) is 1. The summed E-state index contributed by atoms with van der Waals surface area (Å²) in [6.45, 7) is 3.58. The summed E-state index contributed by atoms with van der Waals surface area (Å²) < 4.78 is 10.1. The third-order valence-corrected chi connectivity index (χ3v) is 5.25. The fourth-order valence-corrected chi connectivity index (χ4v) is 3.54. The zero-order valence-electron chi connectivity index (χ0n) is 17.7. The van der Waals surface area contributed by atoms with Gasteiger partial charge in [0.2, 0.25) is 5.91 Å². The Morgan fingerprint density at radius 2 is 2.00 bits per heavy atom. The Morgan fingerprint density at radius 3 is 2.67 bits per heavy atom. The minimum Gasteiger partial charge on any atom is -0.497 e. The van der Waals surface area contributed by atoms with E-state index in [9.17, 15) is 9.59 Å². The molecule has 160 valence electrons. The van der Waals surface area contributed by atoms with Crippen molar-refractivity contribution >= 4 is 17.5 Å². The van der Waals surface area contributed by atoms with Crippen LogP contribution >= 0.6 is 0 Å². The number of piperidine rings is 1. The number of nitrogens with zero attached hydrogens (tertiary/aromatic N) is 3. The number of methoxy groups -OCH3 is 2. The van der Waals surface area contributed by atoms with Crippen LogP contribution in [0.3, 0.4) is 0 Å². The van der Waals surface area contributed by atoms with Gasteiger partial charge in [-0.3, -0.25) is 9.59 Å². The van der Waals surface area contributed by atoms with E-state index in [1.165, 1.54) is 0 Å². The maximum absolute atomic E-state index is 12.6. The molecular weight excluding hydrogens is 384 g/mol. The minimum absolute atomic E-state index is 0.0719. The largest absolute Gasteiger partial charge is 0.497 e. The van der Waals surface area contributed by atoms with Crippen molar-refractivity contribution in [2.24, 2.45) is 0 Å². The lowest BCUT2D eigenvalue weighted by Crippen LogP contribution is -2.40. The van der Waals surface area contributed by atoms with E-state index in [1.54, 1.807) is 51.6 Å². The smallest absolute Gasteiger partial charge is 0.259 e. The molecule has 1 atom stereocenters. The van der Waals surface area contributed by atoms with E-state index >= 15 is 0 Å². The Hall–Kier alpha value is -3.00. The molecule has 2 amide bonds. The Morgan fingerprint density at radius 1 is 1.23 bits per heavy atom. The van der Waals surface area contributed by atoms with E-state index in [1.807, 2.05) is 4.90 Å². The maximum atomic E-state index is 12.6. The molecule has 1 fully saturated rings. The highest BCUT2D eigenvalue weighted by Gasteiger charge is 2.27. The Balaban J connectivity index is 1.66. The van der Waals surface area contributed by atoms with Gasteiger partial charge in [-0.25, -0.2) is 9.97 Å². The molecular formula is C22H28N4O4. The summed E-state index contributed by atoms with van der Waals surface area (Å²) in [6, 6.07) is 7.12. The molecule has 0 spiro atoms. The second-order valence-electron chi connectivity index (χ2n) is 7.33. The van der Waals surface area contributed by atoms with Crippen molar-refractivity contribution in [2.75, 3.05) is 39.2 Å². The number of amides is 2. The molecule has 0 bridgehead atoms. The van der Waals surface area contributed by atoms with Crippen molar-refractivity contribution in [1.82, 2.24) is 14.9 Å². The van der Waals surface area contributed by atoms with Crippen molar-refractivity contribution < 1.29 is 19.1 Å². The summed E-state index contributed by atoms with van der Waals surface area (Å²) in [5.41, 5.74) is 1.72. The van der Waals surface area contributed by atoms with Crippen LogP contribution in [0.25, 0.3) is 0 Å². The van der Waals surface area contributed by atoms with Gasteiger partial charge in [-0.05, 0) is 44.0 Å². The number of rotatable bonds is 7. The van der Waals surface area contributed by atoms with Crippen LogP contribution in [-0.4, -0.2) is 60.6 Å². The van der Waals surface area contributed by atoms with Crippen molar-refractivity contribution in [3.8, 4) is 5.75 Å². The predicted molar refractivity (Wildman–Crippen MR) is 113 cm³/mol. The number of likely N-dealkylation sites (tertiary alicyclic amines) is 1. The average molecular weight is 412 g/mol. The zero-order chi connectivity index (χ0) is 21.5. The number of aryl methyl sites for hydroxylation is 1. The van der Waals surface area contributed by atoms with Crippen LogP contribution in [0.1, 0.15) is 47.1 Å². The van der Waals surface area contributed by atoms with Crippen LogP contribution in [0, 0.1) is 6.92 Å². The summed E-state index contributed by atoms with van der Waals surface area (Å²) in [5, 5.41) is 2.85. The van der Waals surface area contributed by atoms with E-state index in [4.69, 9.17) is 9.47 Å². The van der Waals surface area contributed by atoms with Gasteiger partial charge in [-0.2, -0.15) is 0 Å².